The SMILES string of the molecule is Cn1cnc2ccc(S)cc2c1=O. The zero-order valence-electron chi connectivity index (χ0n) is 7.06. The smallest absolute Gasteiger partial charge is 0.260 e. The summed E-state index contributed by atoms with van der Waals surface area (Å²) in [6.45, 7) is 0. The molecular formula is C9H8N2OS. The molecule has 13 heavy (non-hydrogen) atoms. The Morgan fingerprint density at radius 3 is 3.00 bits per heavy atom. The average molecular weight is 192 g/mol. The van der Waals surface area contributed by atoms with Crippen LogP contribution in [0, 0.1) is 0 Å². The third-order valence-corrected chi connectivity index (χ3v) is 2.18. The molecule has 0 N–H and O–H groups in total. The highest BCUT2D eigenvalue weighted by molar-refractivity contribution is 7.80. The molecule has 2 rings (SSSR count). The van der Waals surface area contributed by atoms with Crippen molar-refractivity contribution < 1.29 is 0 Å². The molecule has 3 nitrogen and oxygen atoms in total. The molecule has 0 spiro atoms. The van der Waals surface area contributed by atoms with E-state index in [4.69, 9.17) is 0 Å². The van der Waals surface area contributed by atoms with Gasteiger partial charge in [0.25, 0.3) is 5.56 Å². The number of aromatic nitrogens is 2. The number of fused-ring (bicyclic) bond motifs is 1. The zero-order valence-corrected chi connectivity index (χ0v) is 7.95. The largest absolute Gasteiger partial charge is 0.302 e. The van der Waals surface area contributed by atoms with Gasteiger partial charge in [-0.2, -0.15) is 0 Å². The first kappa shape index (κ1) is 8.31. The van der Waals surface area contributed by atoms with Crippen LogP contribution in [0.15, 0.2) is 34.2 Å². The molecule has 0 amide bonds. The summed E-state index contributed by atoms with van der Waals surface area (Å²) in [5, 5.41) is 0.609. The number of hydrogen-bond acceptors (Lipinski definition) is 3. The Morgan fingerprint density at radius 2 is 2.23 bits per heavy atom. The van der Waals surface area contributed by atoms with Crippen molar-refractivity contribution in [3.63, 3.8) is 0 Å². The van der Waals surface area contributed by atoms with Gasteiger partial charge in [0.15, 0.2) is 0 Å². The maximum absolute atomic E-state index is 11.6. The number of benzene rings is 1. The van der Waals surface area contributed by atoms with Crippen LogP contribution in [0.2, 0.25) is 0 Å². The first-order chi connectivity index (χ1) is 6.18. The third kappa shape index (κ3) is 1.33. The third-order valence-electron chi connectivity index (χ3n) is 1.90. The molecule has 0 aliphatic carbocycles. The van der Waals surface area contributed by atoms with Gasteiger partial charge in [-0.15, -0.1) is 12.6 Å². The number of thiol groups is 1. The lowest BCUT2D eigenvalue weighted by Crippen LogP contribution is -2.16. The molecular weight excluding hydrogens is 184 g/mol. The van der Waals surface area contributed by atoms with Crippen LogP contribution >= 0.6 is 12.6 Å². The molecule has 1 aromatic carbocycles. The minimum atomic E-state index is -0.0408. The molecule has 0 bridgehead atoms. The second kappa shape index (κ2) is 2.88. The fourth-order valence-electron chi connectivity index (χ4n) is 1.20. The predicted molar refractivity (Wildman–Crippen MR) is 54.2 cm³/mol. The molecule has 66 valence electrons. The summed E-state index contributed by atoms with van der Waals surface area (Å²) < 4.78 is 1.45. The monoisotopic (exact) mass is 192 g/mol. The summed E-state index contributed by atoms with van der Waals surface area (Å²) in [6.07, 6.45) is 1.52. The Kier molecular flexibility index (Phi) is 1.84. The van der Waals surface area contributed by atoms with Crippen molar-refractivity contribution in [3.05, 3.63) is 34.9 Å². The van der Waals surface area contributed by atoms with Crippen LogP contribution in [-0.4, -0.2) is 9.55 Å². The molecule has 0 radical (unpaired) electrons. The molecule has 2 aromatic rings. The summed E-state index contributed by atoms with van der Waals surface area (Å²) >= 11 is 4.17. The average Bonchev–Trinajstić information content (AvgIpc) is 2.12. The van der Waals surface area contributed by atoms with Crippen LogP contribution in [0.5, 0.6) is 0 Å². The minimum Gasteiger partial charge on any atom is -0.302 e. The first-order valence-corrected chi connectivity index (χ1v) is 4.27. The first-order valence-electron chi connectivity index (χ1n) is 3.83. The van der Waals surface area contributed by atoms with Gasteiger partial charge in [0.05, 0.1) is 17.2 Å². The van der Waals surface area contributed by atoms with Crippen LogP contribution in [0.4, 0.5) is 0 Å². The highest BCUT2D eigenvalue weighted by Gasteiger charge is 2.00. The van der Waals surface area contributed by atoms with E-state index in [-0.39, 0.29) is 5.56 Å². The number of hydrogen-bond donors (Lipinski definition) is 1. The van der Waals surface area contributed by atoms with Crippen molar-refractivity contribution >= 4 is 23.5 Å². The molecule has 0 aliphatic heterocycles. The van der Waals surface area contributed by atoms with E-state index in [1.54, 1.807) is 19.2 Å². The lowest BCUT2D eigenvalue weighted by Gasteiger charge is -1.99. The Bertz CT molecular complexity index is 513. The Labute approximate surface area is 80.4 Å². The standard InChI is InChI=1S/C9H8N2OS/c1-11-5-10-8-3-2-6(13)4-7(8)9(11)12/h2-5,13H,1H3. The normalized spacial score (nSPS) is 10.6. The molecule has 0 aliphatic rings. The quantitative estimate of drug-likeness (QED) is 0.637. The van der Waals surface area contributed by atoms with Gasteiger partial charge in [0, 0.05) is 11.9 Å². The van der Waals surface area contributed by atoms with Crippen LogP contribution in [-0.2, 0) is 7.05 Å². The van der Waals surface area contributed by atoms with E-state index in [1.165, 1.54) is 10.9 Å². The van der Waals surface area contributed by atoms with Crippen LogP contribution in [0.3, 0.4) is 0 Å². The summed E-state index contributed by atoms with van der Waals surface area (Å²) in [7, 11) is 1.68. The summed E-state index contributed by atoms with van der Waals surface area (Å²) in [5.74, 6) is 0. The lowest BCUT2D eigenvalue weighted by atomic mass is 10.2. The second-order valence-corrected chi connectivity index (χ2v) is 3.38. The fraction of sp³-hybridized carbons (Fsp3) is 0.111. The molecule has 0 unspecified atom stereocenters. The lowest BCUT2D eigenvalue weighted by molar-refractivity contribution is 0.842. The van der Waals surface area contributed by atoms with E-state index in [9.17, 15) is 4.79 Å². The maximum Gasteiger partial charge on any atom is 0.260 e. The van der Waals surface area contributed by atoms with Crippen molar-refractivity contribution in [1.29, 1.82) is 0 Å². The van der Waals surface area contributed by atoms with Crippen LogP contribution in [0.1, 0.15) is 0 Å². The molecule has 4 heteroatoms. The Morgan fingerprint density at radius 1 is 1.46 bits per heavy atom. The van der Waals surface area contributed by atoms with Gasteiger partial charge in [-0.05, 0) is 18.2 Å². The van der Waals surface area contributed by atoms with Crippen molar-refractivity contribution in [2.45, 2.75) is 4.90 Å². The van der Waals surface area contributed by atoms with Crippen molar-refractivity contribution in [2.24, 2.45) is 7.05 Å². The molecule has 1 aromatic heterocycles. The van der Waals surface area contributed by atoms with E-state index in [2.05, 4.69) is 17.6 Å². The number of aryl methyl sites for hydroxylation is 1. The van der Waals surface area contributed by atoms with E-state index in [0.29, 0.717) is 10.9 Å². The molecule has 0 saturated heterocycles. The van der Waals surface area contributed by atoms with Gasteiger partial charge in [-0.25, -0.2) is 4.98 Å². The van der Waals surface area contributed by atoms with Gasteiger partial charge in [0.1, 0.15) is 0 Å². The Balaban J connectivity index is 2.97. The fourth-order valence-corrected chi connectivity index (χ4v) is 1.40. The van der Waals surface area contributed by atoms with Gasteiger partial charge in [0.2, 0.25) is 0 Å². The van der Waals surface area contributed by atoms with Crippen molar-refractivity contribution in [3.8, 4) is 0 Å². The minimum absolute atomic E-state index is 0.0408. The summed E-state index contributed by atoms with van der Waals surface area (Å²) in [4.78, 5) is 16.5. The van der Waals surface area contributed by atoms with Gasteiger partial charge in [-0.1, -0.05) is 0 Å². The predicted octanol–water partition coefficient (Wildman–Crippen LogP) is 1.22. The second-order valence-electron chi connectivity index (χ2n) is 2.86. The van der Waals surface area contributed by atoms with Gasteiger partial charge >= 0.3 is 0 Å². The van der Waals surface area contributed by atoms with Gasteiger partial charge in [-0.3, -0.25) is 4.79 Å². The van der Waals surface area contributed by atoms with Crippen LogP contribution in [0.25, 0.3) is 10.9 Å². The summed E-state index contributed by atoms with van der Waals surface area (Å²) in [5.41, 5.74) is 0.668. The van der Waals surface area contributed by atoms with E-state index >= 15 is 0 Å². The van der Waals surface area contributed by atoms with Crippen molar-refractivity contribution in [1.82, 2.24) is 9.55 Å². The number of nitrogens with zero attached hydrogens (tertiary/aromatic N) is 2. The van der Waals surface area contributed by atoms with Crippen LogP contribution < -0.4 is 5.56 Å². The molecule has 0 saturated carbocycles. The molecule has 0 fully saturated rings. The molecule has 1 heterocycles. The highest BCUT2D eigenvalue weighted by Crippen LogP contribution is 2.12. The maximum atomic E-state index is 11.6. The van der Waals surface area contributed by atoms with Crippen molar-refractivity contribution in [2.75, 3.05) is 0 Å². The topological polar surface area (TPSA) is 34.9 Å². The number of rotatable bonds is 0. The van der Waals surface area contributed by atoms with Gasteiger partial charge < -0.3 is 4.57 Å². The van der Waals surface area contributed by atoms with E-state index < -0.39 is 0 Å². The highest BCUT2D eigenvalue weighted by atomic mass is 32.1. The zero-order chi connectivity index (χ0) is 9.42. The van der Waals surface area contributed by atoms with E-state index in [0.717, 1.165) is 4.90 Å². The Hall–Kier alpha value is -1.29. The summed E-state index contributed by atoms with van der Waals surface area (Å²) in [6, 6.07) is 5.34. The molecule has 0 atom stereocenters. The van der Waals surface area contributed by atoms with E-state index in [1.807, 2.05) is 6.07 Å².